The van der Waals surface area contributed by atoms with Crippen LogP contribution in [0.1, 0.15) is 10.4 Å². The monoisotopic (exact) mass is 491 g/mol. The first kappa shape index (κ1) is 22.7. The molecule has 37 heavy (non-hydrogen) atoms. The molecule has 1 aliphatic rings. The Hall–Kier alpha value is -4.79. The lowest BCUT2D eigenvalue weighted by molar-refractivity contribution is 0.0746. The summed E-state index contributed by atoms with van der Waals surface area (Å²) >= 11 is 0. The molecule has 1 saturated heterocycles. The molecule has 0 bridgehead atoms. The fourth-order valence-corrected chi connectivity index (χ4v) is 4.69. The summed E-state index contributed by atoms with van der Waals surface area (Å²) in [5.41, 5.74) is 4.83. The van der Waals surface area contributed by atoms with Crippen LogP contribution in [0.2, 0.25) is 0 Å². The summed E-state index contributed by atoms with van der Waals surface area (Å²) in [5.74, 6) is 1.46. The van der Waals surface area contributed by atoms with Crippen LogP contribution in [0.25, 0.3) is 33.4 Å². The van der Waals surface area contributed by atoms with Crippen molar-refractivity contribution in [3.8, 4) is 28.1 Å². The van der Waals surface area contributed by atoms with E-state index in [1.807, 2.05) is 53.4 Å². The number of aromatic nitrogens is 5. The molecule has 0 unspecified atom stereocenters. The first-order valence-corrected chi connectivity index (χ1v) is 12.1. The van der Waals surface area contributed by atoms with Crippen LogP contribution in [0.15, 0.2) is 79.3 Å². The van der Waals surface area contributed by atoms with Crippen molar-refractivity contribution in [2.45, 2.75) is 0 Å². The molecule has 9 heteroatoms. The smallest absolute Gasteiger partial charge is 0.253 e. The predicted octanol–water partition coefficient (Wildman–Crippen LogP) is 4.05. The molecule has 1 fully saturated rings. The summed E-state index contributed by atoms with van der Waals surface area (Å²) in [6.07, 6.45) is 5.27. The van der Waals surface area contributed by atoms with Crippen LogP contribution in [0.4, 0.5) is 5.95 Å². The lowest BCUT2D eigenvalue weighted by Gasteiger charge is -2.34. The number of fused-ring (bicyclic) bond motifs is 1. The maximum absolute atomic E-state index is 13.3. The molecule has 4 heterocycles. The number of pyridine rings is 1. The van der Waals surface area contributed by atoms with Crippen LogP contribution in [0.5, 0.6) is 5.75 Å². The summed E-state index contributed by atoms with van der Waals surface area (Å²) in [5, 5.41) is 8.40. The Morgan fingerprint density at radius 2 is 1.70 bits per heavy atom. The van der Waals surface area contributed by atoms with Gasteiger partial charge < -0.3 is 14.5 Å². The van der Waals surface area contributed by atoms with Crippen molar-refractivity contribution < 1.29 is 9.53 Å². The molecule has 1 aliphatic heterocycles. The molecule has 9 nitrogen and oxygen atoms in total. The average molecular weight is 492 g/mol. The Kier molecular flexibility index (Phi) is 5.94. The van der Waals surface area contributed by atoms with Gasteiger partial charge in [0, 0.05) is 66.8 Å². The fraction of sp³-hybridized carbons (Fsp3) is 0.179. The van der Waals surface area contributed by atoms with Crippen LogP contribution < -0.4 is 9.64 Å². The highest BCUT2D eigenvalue weighted by atomic mass is 16.5. The maximum Gasteiger partial charge on any atom is 0.253 e. The van der Waals surface area contributed by atoms with Gasteiger partial charge in [0.05, 0.1) is 7.11 Å². The van der Waals surface area contributed by atoms with Gasteiger partial charge >= 0.3 is 0 Å². The Labute approximate surface area is 213 Å². The Morgan fingerprint density at radius 3 is 2.51 bits per heavy atom. The van der Waals surface area contributed by atoms with Gasteiger partial charge in [-0.15, -0.1) is 0 Å². The number of carbonyl (C=O) groups excluding carboxylic acids is 1. The second kappa shape index (κ2) is 9.69. The lowest BCUT2D eigenvalue weighted by Crippen LogP contribution is -2.49. The highest BCUT2D eigenvalue weighted by molar-refractivity contribution is 5.97. The number of aromatic amines is 1. The minimum Gasteiger partial charge on any atom is -0.496 e. The number of carbonyl (C=O) groups is 1. The van der Waals surface area contributed by atoms with E-state index in [0.717, 1.165) is 33.5 Å². The highest BCUT2D eigenvalue weighted by Gasteiger charge is 2.24. The number of nitrogens with one attached hydrogen (secondary N) is 1. The zero-order valence-corrected chi connectivity index (χ0v) is 20.3. The lowest BCUT2D eigenvalue weighted by atomic mass is 10.0. The number of para-hydroxylation sites is 1. The second-order valence-electron chi connectivity index (χ2n) is 8.80. The van der Waals surface area contributed by atoms with Crippen LogP contribution in [0, 0.1) is 0 Å². The van der Waals surface area contributed by atoms with E-state index in [1.54, 1.807) is 31.8 Å². The van der Waals surface area contributed by atoms with E-state index in [1.165, 1.54) is 0 Å². The van der Waals surface area contributed by atoms with Gasteiger partial charge in [0.15, 0.2) is 5.65 Å². The van der Waals surface area contributed by atoms with E-state index < -0.39 is 0 Å². The molecule has 1 amide bonds. The van der Waals surface area contributed by atoms with E-state index in [4.69, 9.17) is 4.74 Å². The van der Waals surface area contributed by atoms with Crippen molar-refractivity contribution in [1.82, 2.24) is 30.0 Å². The summed E-state index contributed by atoms with van der Waals surface area (Å²) in [6, 6.07) is 19.3. The molecule has 1 N–H and O–H groups in total. The van der Waals surface area contributed by atoms with Crippen LogP contribution in [0.3, 0.4) is 0 Å². The summed E-state index contributed by atoms with van der Waals surface area (Å²) in [7, 11) is 1.65. The van der Waals surface area contributed by atoms with Crippen molar-refractivity contribution in [2.75, 3.05) is 38.2 Å². The zero-order valence-electron chi connectivity index (χ0n) is 20.3. The number of hydrogen-bond donors (Lipinski definition) is 1. The molecule has 5 aromatic rings. The summed E-state index contributed by atoms with van der Waals surface area (Å²) in [6.45, 7) is 2.63. The topological polar surface area (TPSA) is 100 Å². The molecule has 2 aromatic carbocycles. The van der Waals surface area contributed by atoms with Gasteiger partial charge in [-0.3, -0.25) is 9.89 Å². The third-order valence-corrected chi connectivity index (χ3v) is 6.62. The van der Waals surface area contributed by atoms with E-state index in [2.05, 4.69) is 36.1 Å². The average Bonchev–Trinajstić information content (AvgIpc) is 3.40. The first-order chi connectivity index (χ1) is 18.2. The highest BCUT2D eigenvalue weighted by Crippen LogP contribution is 2.34. The summed E-state index contributed by atoms with van der Waals surface area (Å²) in [4.78, 5) is 30.6. The van der Waals surface area contributed by atoms with Gasteiger partial charge in [-0.1, -0.05) is 24.3 Å². The normalized spacial score (nSPS) is 13.6. The fourth-order valence-electron chi connectivity index (χ4n) is 4.69. The molecule has 0 saturated carbocycles. The number of anilines is 1. The summed E-state index contributed by atoms with van der Waals surface area (Å²) < 4.78 is 5.54. The van der Waals surface area contributed by atoms with Crippen LogP contribution in [-0.4, -0.2) is 69.2 Å². The van der Waals surface area contributed by atoms with Crippen molar-refractivity contribution in [2.24, 2.45) is 0 Å². The van der Waals surface area contributed by atoms with Crippen molar-refractivity contribution >= 4 is 22.9 Å². The number of rotatable bonds is 5. The number of nitrogens with zero attached hydrogens (tertiary/aromatic N) is 6. The second-order valence-corrected chi connectivity index (χ2v) is 8.80. The molecule has 3 aromatic heterocycles. The van der Waals surface area contributed by atoms with Crippen molar-refractivity contribution in [3.05, 3.63) is 84.8 Å². The number of benzene rings is 2. The van der Waals surface area contributed by atoms with Crippen LogP contribution in [-0.2, 0) is 0 Å². The molecular weight excluding hydrogens is 466 g/mol. The van der Waals surface area contributed by atoms with Gasteiger partial charge in [0.25, 0.3) is 5.91 Å². The minimum atomic E-state index is 0.0162. The largest absolute Gasteiger partial charge is 0.496 e. The zero-order chi connectivity index (χ0) is 25.2. The Balaban J connectivity index is 1.25. The Morgan fingerprint density at radius 1 is 0.892 bits per heavy atom. The quantitative estimate of drug-likeness (QED) is 0.396. The molecular formula is C28H25N7O2. The standard InChI is InChI=1S/C28H25N7O2/c1-37-24-9-3-2-8-22(24)25-23-17-21(18-31-26(23)33-32-25)19-6-4-7-20(16-19)27(36)34-12-14-35(15-13-34)28-29-10-5-11-30-28/h2-11,16-18H,12-15H2,1H3,(H,31,32,33). The third-order valence-electron chi connectivity index (χ3n) is 6.62. The molecule has 0 aliphatic carbocycles. The maximum atomic E-state index is 13.3. The van der Waals surface area contributed by atoms with Gasteiger partial charge in [-0.25, -0.2) is 15.0 Å². The van der Waals surface area contributed by atoms with Gasteiger partial charge in [-0.05, 0) is 42.0 Å². The molecule has 0 radical (unpaired) electrons. The SMILES string of the molecule is COc1ccccc1-c1n[nH]c2ncc(-c3cccc(C(=O)N4CCN(c5ncccn5)CC4)c3)cc12. The number of amides is 1. The number of methoxy groups -OCH3 is 1. The number of piperazine rings is 1. The molecule has 0 spiro atoms. The predicted molar refractivity (Wildman–Crippen MR) is 141 cm³/mol. The minimum absolute atomic E-state index is 0.0162. The Bertz CT molecular complexity index is 1560. The van der Waals surface area contributed by atoms with Gasteiger partial charge in [0.1, 0.15) is 11.4 Å². The van der Waals surface area contributed by atoms with Crippen molar-refractivity contribution in [3.63, 3.8) is 0 Å². The van der Waals surface area contributed by atoms with E-state index in [9.17, 15) is 4.79 Å². The molecule has 0 atom stereocenters. The van der Waals surface area contributed by atoms with E-state index in [-0.39, 0.29) is 5.91 Å². The third kappa shape index (κ3) is 4.35. The molecule has 184 valence electrons. The van der Waals surface area contributed by atoms with E-state index >= 15 is 0 Å². The van der Waals surface area contributed by atoms with Gasteiger partial charge in [-0.2, -0.15) is 5.10 Å². The number of ether oxygens (including phenoxy) is 1. The number of hydrogen-bond acceptors (Lipinski definition) is 7. The van der Waals surface area contributed by atoms with Crippen LogP contribution >= 0.6 is 0 Å². The van der Waals surface area contributed by atoms with E-state index in [0.29, 0.717) is 43.3 Å². The number of H-pyrrole nitrogens is 1. The van der Waals surface area contributed by atoms with Crippen molar-refractivity contribution in [1.29, 1.82) is 0 Å². The first-order valence-electron chi connectivity index (χ1n) is 12.1. The van der Waals surface area contributed by atoms with Gasteiger partial charge in [0.2, 0.25) is 5.95 Å². The molecule has 6 rings (SSSR count).